The molecule has 0 bridgehead atoms. The van der Waals surface area contributed by atoms with Gasteiger partial charge in [0.25, 0.3) is 10.0 Å². The zero-order chi connectivity index (χ0) is 18.7. The normalized spacial score (nSPS) is 11.4. The topological polar surface area (TPSA) is 76.3 Å². The van der Waals surface area contributed by atoms with Gasteiger partial charge < -0.3 is 4.42 Å². The van der Waals surface area contributed by atoms with Gasteiger partial charge in [0.1, 0.15) is 12.0 Å². The molecular formula is C19H15N3O3S2. The van der Waals surface area contributed by atoms with Crippen LogP contribution in [-0.2, 0) is 16.6 Å². The van der Waals surface area contributed by atoms with Gasteiger partial charge in [-0.3, -0.25) is 0 Å². The van der Waals surface area contributed by atoms with E-state index in [1.807, 2.05) is 30.3 Å². The Balaban J connectivity index is 1.69. The summed E-state index contributed by atoms with van der Waals surface area (Å²) in [4.78, 5) is 8.82. The minimum absolute atomic E-state index is 0.0288. The summed E-state index contributed by atoms with van der Waals surface area (Å²) in [6, 6.07) is 17.7. The van der Waals surface area contributed by atoms with Gasteiger partial charge in [-0.05, 0) is 24.3 Å². The lowest BCUT2D eigenvalue weighted by atomic mass is 10.2. The molecule has 136 valence electrons. The van der Waals surface area contributed by atoms with Gasteiger partial charge in [-0.1, -0.05) is 36.4 Å². The standard InChI is InChI=1S/C19H15N3O3S2/c23-27(24,17-9-5-2-6-10-17)22(19-20-11-12-26-19)13-16-14-25-18(21-16)15-7-3-1-4-8-15/h1-12,14H,13H2. The van der Waals surface area contributed by atoms with E-state index >= 15 is 0 Å². The average molecular weight is 397 g/mol. The third-order valence-corrected chi connectivity index (χ3v) is 6.50. The second kappa shape index (κ2) is 7.34. The number of rotatable bonds is 6. The largest absolute Gasteiger partial charge is 0.444 e. The Morgan fingerprint density at radius 3 is 2.37 bits per heavy atom. The molecular weight excluding hydrogens is 382 g/mol. The minimum atomic E-state index is -3.78. The van der Waals surface area contributed by atoms with E-state index in [1.54, 1.807) is 41.9 Å². The number of hydrogen-bond acceptors (Lipinski definition) is 6. The molecule has 0 radical (unpaired) electrons. The maximum absolute atomic E-state index is 13.1. The number of benzene rings is 2. The SMILES string of the molecule is O=S(=O)(c1ccccc1)N(Cc1coc(-c2ccccc2)n1)c1nccs1. The van der Waals surface area contributed by atoms with Gasteiger partial charge in [0.2, 0.25) is 5.89 Å². The van der Waals surface area contributed by atoms with Crippen LogP contribution in [0.2, 0.25) is 0 Å². The van der Waals surface area contributed by atoms with Crippen LogP contribution in [0.15, 0.2) is 87.8 Å². The molecule has 4 aromatic rings. The molecule has 0 saturated carbocycles. The van der Waals surface area contributed by atoms with E-state index in [9.17, 15) is 8.42 Å². The fourth-order valence-corrected chi connectivity index (χ4v) is 4.84. The number of sulfonamides is 1. The maximum Gasteiger partial charge on any atom is 0.266 e. The van der Waals surface area contributed by atoms with Crippen molar-refractivity contribution in [3.05, 3.63) is 84.2 Å². The lowest BCUT2D eigenvalue weighted by Gasteiger charge is -2.20. The highest BCUT2D eigenvalue weighted by molar-refractivity contribution is 7.93. The van der Waals surface area contributed by atoms with Crippen LogP contribution in [0.3, 0.4) is 0 Å². The zero-order valence-corrected chi connectivity index (χ0v) is 15.7. The van der Waals surface area contributed by atoms with Gasteiger partial charge in [-0.2, -0.15) is 0 Å². The summed E-state index contributed by atoms with van der Waals surface area (Å²) in [5.74, 6) is 0.446. The number of nitrogens with zero attached hydrogens (tertiary/aromatic N) is 3. The van der Waals surface area contributed by atoms with Crippen LogP contribution in [0.25, 0.3) is 11.5 Å². The average Bonchev–Trinajstić information content (AvgIpc) is 3.39. The van der Waals surface area contributed by atoms with E-state index in [0.29, 0.717) is 16.7 Å². The van der Waals surface area contributed by atoms with Crippen LogP contribution in [0, 0.1) is 0 Å². The summed E-state index contributed by atoms with van der Waals surface area (Å²) in [6.07, 6.45) is 3.05. The van der Waals surface area contributed by atoms with Crippen LogP contribution in [0.5, 0.6) is 0 Å². The van der Waals surface area contributed by atoms with Crippen molar-refractivity contribution in [2.45, 2.75) is 11.4 Å². The lowest BCUT2D eigenvalue weighted by Crippen LogP contribution is -2.30. The third-order valence-electron chi connectivity index (χ3n) is 3.84. The Labute approximate surface area is 160 Å². The fraction of sp³-hybridized carbons (Fsp3) is 0.0526. The first-order chi connectivity index (χ1) is 13.1. The Hall–Kier alpha value is -2.97. The Kier molecular flexibility index (Phi) is 4.74. The van der Waals surface area contributed by atoms with E-state index in [1.165, 1.54) is 21.9 Å². The van der Waals surface area contributed by atoms with E-state index < -0.39 is 10.0 Å². The van der Waals surface area contributed by atoms with Crippen LogP contribution >= 0.6 is 11.3 Å². The van der Waals surface area contributed by atoms with Crippen LogP contribution in [0.1, 0.15) is 5.69 Å². The van der Waals surface area contributed by atoms with Crippen molar-refractivity contribution < 1.29 is 12.8 Å². The summed E-state index contributed by atoms with van der Waals surface area (Å²) >= 11 is 1.25. The van der Waals surface area contributed by atoms with Crippen molar-refractivity contribution in [2.75, 3.05) is 4.31 Å². The second-order valence-electron chi connectivity index (χ2n) is 5.65. The molecule has 0 aliphatic heterocycles. The fourth-order valence-electron chi connectivity index (χ4n) is 2.55. The first-order valence-corrected chi connectivity index (χ1v) is 10.4. The van der Waals surface area contributed by atoms with Crippen LogP contribution < -0.4 is 4.31 Å². The van der Waals surface area contributed by atoms with Gasteiger partial charge in [0.15, 0.2) is 5.13 Å². The van der Waals surface area contributed by atoms with Crippen molar-refractivity contribution >= 4 is 26.5 Å². The Bertz CT molecular complexity index is 1110. The van der Waals surface area contributed by atoms with Crippen molar-refractivity contribution in [3.8, 4) is 11.5 Å². The smallest absolute Gasteiger partial charge is 0.266 e. The van der Waals surface area contributed by atoms with E-state index in [0.717, 1.165) is 5.56 Å². The Morgan fingerprint density at radius 2 is 1.70 bits per heavy atom. The molecule has 0 aliphatic rings. The van der Waals surface area contributed by atoms with Gasteiger partial charge in [0, 0.05) is 17.1 Å². The first-order valence-electron chi connectivity index (χ1n) is 8.12. The highest BCUT2D eigenvalue weighted by Gasteiger charge is 2.28. The molecule has 0 aliphatic carbocycles. The maximum atomic E-state index is 13.1. The third kappa shape index (κ3) is 3.62. The molecule has 0 saturated heterocycles. The van der Waals surface area contributed by atoms with Crippen molar-refractivity contribution in [2.24, 2.45) is 0 Å². The monoisotopic (exact) mass is 397 g/mol. The molecule has 0 atom stereocenters. The quantitative estimate of drug-likeness (QED) is 0.487. The first kappa shape index (κ1) is 17.4. The highest BCUT2D eigenvalue weighted by atomic mass is 32.2. The molecule has 6 nitrogen and oxygen atoms in total. The summed E-state index contributed by atoms with van der Waals surface area (Å²) in [7, 11) is -3.78. The second-order valence-corrected chi connectivity index (χ2v) is 8.38. The zero-order valence-electron chi connectivity index (χ0n) is 14.1. The molecule has 8 heteroatoms. The van der Waals surface area contributed by atoms with E-state index in [-0.39, 0.29) is 11.4 Å². The highest BCUT2D eigenvalue weighted by Crippen LogP contribution is 2.28. The molecule has 2 aromatic carbocycles. The molecule has 27 heavy (non-hydrogen) atoms. The predicted molar refractivity (Wildman–Crippen MR) is 104 cm³/mol. The number of oxazole rings is 1. The molecule has 2 aromatic heterocycles. The molecule has 2 heterocycles. The molecule has 0 spiro atoms. The molecule has 4 rings (SSSR count). The molecule has 0 N–H and O–H groups in total. The summed E-state index contributed by atoms with van der Waals surface area (Å²) in [5.41, 5.74) is 1.33. The molecule has 0 unspecified atom stereocenters. The van der Waals surface area contributed by atoms with Crippen molar-refractivity contribution in [3.63, 3.8) is 0 Å². The van der Waals surface area contributed by atoms with Crippen LogP contribution in [-0.4, -0.2) is 18.4 Å². The van der Waals surface area contributed by atoms with E-state index in [2.05, 4.69) is 9.97 Å². The van der Waals surface area contributed by atoms with Gasteiger partial charge in [0.05, 0.1) is 11.4 Å². The summed E-state index contributed by atoms with van der Waals surface area (Å²) in [5, 5.41) is 2.12. The van der Waals surface area contributed by atoms with Crippen LogP contribution in [0.4, 0.5) is 5.13 Å². The minimum Gasteiger partial charge on any atom is -0.444 e. The van der Waals surface area contributed by atoms with E-state index in [4.69, 9.17) is 4.42 Å². The number of anilines is 1. The molecule has 0 fully saturated rings. The van der Waals surface area contributed by atoms with Crippen molar-refractivity contribution in [1.82, 2.24) is 9.97 Å². The van der Waals surface area contributed by atoms with Gasteiger partial charge >= 0.3 is 0 Å². The van der Waals surface area contributed by atoms with Crippen molar-refractivity contribution in [1.29, 1.82) is 0 Å². The number of hydrogen-bond donors (Lipinski definition) is 0. The predicted octanol–water partition coefficient (Wildman–Crippen LogP) is 4.19. The lowest BCUT2D eigenvalue weighted by molar-refractivity contribution is 0.572. The summed E-state index contributed by atoms with van der Waals surface area (Å²) in [6.45, 7) is 0.0288. The van der Waals surface area contributed by atoms with Gasteiger partial charge in [-0.25, -0.2) is 22.7 Å². The van der Waals surface area contributed by atoms with Gasteiger partial charge in [-0.15, -0.1) is 11.3 Å². The molecule has 0 amide bonds. The Morgan fingerprint density at radius 1 is 1.00 bits per heavy atom. The number of aromatic nitrogens is 2. The summed E-state index contributed by atoms with van der Waals surface area (Å²) < 4.78 is 33.1. The number of thiazole rings is 1.